The number of benzene rings is 1. The van der Waals surface area contributed by atoms with Gasteiger partial charge < -0.3 is 15.1 Å². The summed E-state index contributed by atoms with van der Waals surface area (Å²) in [5.74, 6) is -1.84. The van der Waals surface area contributed by atoms with Gasteiger partial charge in [0.1, 0.15) is 0 Å². The molecule has 0 saturated carbocycles. The van der Waals surface area contributed by atoms with Gasteiger partial charge in [-0.05, 0) is 31.5 Å². The Morgan fingerprint density at radius 3 is 2.44 bits per heavy atom. The number of aliphatic carboxylic acids is 1. The molecule has 0 aromatic heterocycles. The van der Waals surface area contributed by atoms with E-state index in [9.17, 15) is 9.59 Å². The molecule has 0 aliphatic heterocycles. The monoisotopic (exact) mass is 251 g/mol. The van der Waals surface area contributed by atoms with Gasteiger partial charge >= 0.3 is 11.9 Å². The van der Waals surface area contributed by atoms with Crippen LogP contribution in [-0.2, 0) is 4.79 Å². The Labute approximate surface area is 106 Å². The van der Waals surface area contributed by atoms with Crippen molar-refractivity contribution in [2.75, 3.05) is 18.0 Å². The first-order chi connectivity index (χ1) is 8.45. The average molecular weight is 251 g/mol. The van der Waals surface area contributed by atoms with Crippen LogP contribution < -0.4 is 4.90 Å². The smallest absolute Gasteiger partial charge is 0.335 e. The summed E-state index contributed by atoms with van der Waals surface area (Å²) in [5, 5.41) is 17.7. The van der Waals surface area contributed by atoms with Crippen LogP contribution in [0.1, 0.15) is 29.3 Å². The number of nitrogens with zero attached hydrogens (tertiary/aromatic N) is 1. The van der Waals surface area contributed by atoms with Gasteiger partial charge in [0.05, 0.1) is 12.0 Å². The summed E-state index contributed by atoms with van der Waals surface area (Å²) in [4.78, 5) is 23.4. The highest BCUT2D eigenvalue weighted by atomic mass is 16.4. The highest BCUT2D eigenvalue weighted by Crippen LogP contribution is 2.22. The summed E-state index contributed by atoms with van der Waals surface area (Å²) in [6.07, 6.45) is 0.0323. The molecule has 0 aliphatic rings. The number of carboxylic acids is 2. The molecule has 0 radical (unpaired) electrons. The van der Waals surface area contributed by atoms with E-state index in [1.165, 1.54) is 0 Å². The highest BCUT2D eigenvalue weighted by Gasteiger charge is 2.12. The maximum Gasteiger partial charge on any atom is 0.335 e. The van der Waals surface area contributed by atoms with E-state index in [1.807, 2.05) is 18.7 Å². The lowest BCUT2D eigenvalue weighted by Crippen LogP contribution is -2.26. The molecule has 0 atom stereocenters. The Morgan fingerprint density at radius 2 is 1.94 bits per heavy atom. The van der Waals surface area contributed by atoms with E-state index in [2.05, 4.69) is 0 Å². The van der Waals surface area contributed by atoms with Crippen molar-refractivity contribution in [3.8, 4) is 0 Å². The lowest BCUT2D eigenvalue weighted by molar-refractivity contribution is -0.136. The number of anilines is 1. The average Bonchev–Trinajstić information content (AvgIpc) is 2.31. The molecule has 0 bridgehead atoms. The fraction of sp³-hybridized carbons (Fsp3) is 0.385. The number of carbonyl (C=O) groups is 2. The van der Waals surface area contributed by atoms with Gasteiger partial charge in [-0.3, -0.25) is 4.79 Å². The zero-order valence-corrected chi connectivity index (χ0v) is 10.5. The molecule has 1 aromatic carbocycles. The fourth-order valence-electron chi connectivity index (χ4n) is 1.76. The third-order valence-electron chi connectivity index (χ3n) is 2.77. The van der Waals surface area contributed by atoms with Crippen LogP contribution in [0.15, 0.2) is 18.2 Å². The summed E-state index contributed by atoms with van der Waals surface area (Å²) in [5.41, 5.74) is 1.93. The van der Waals surface area contributed by atoms with E-state index < -0.39 is 11.9 Å². The van der Waals surface area contributed by atoms with Crippen LogP contribution in [0.5, 0.6) is 0 Å². The first-order valence-corrected chi connectivity index (χ1v) is 5.76. The largest absolute Gasteiger partial charge is 0.481 e. The summed E-state index contributed by atoms with van der Waals surface area (Å²) in [7, 11) is 0. The van der Waals surface area contributed by atoms with Gasteiger partial charge in [-0.2, -0.15) is 0 Å². The molecule has 1 aromatic rings. The lowest BCUT2D eigenvalue weighted by atomic mass is 10.1. The predicted molar refractivity (Wildman–Crippen MR) is 68.3 cm³/mol. The van der Waals surface area contributed by atoms with Crippen LogP contribution in [0.2, 0.25) is 0 Å². The number of carboxylic acid groups (broad SMARTS) is 2. The van der Waals surface area contributed by atoms with E-state index in [4.69, 9.17) is 10.2 Å². The van der Waals surface area contributed by atoms with Crippen LogP contribution in [-0.4, -0.2) is 35.2 Å². The second-order valence-corrected chi connectivity index (χ2v) is 4.03. The van der Waals surface area contributed by atoms with E-state index in [0.29, 0.717) is 13.1 Å². The minimum Gasteiger partial charge on any atom is -0.481 e. The third kappa shape index (κ3) is 3.48. The van der Waals surface area contributed by atoms with Crippen molar-refractivity contribution < 1.29 is 19.8 Å². The van der Waals surface area contributed by atoms with Gasteiger partial charge in [-0.1, -0.05) is 6.07 Å². The van der Waals surface area contributed by atoms with Gasteiger partial charge in [0, 0.05) is 18.8 Å². The predicted octanol–water partition coefficient (Wildman–Crippen LogP) is 1.99. The first-order valence-electron chi connectivity index (χ1n) is 5.76. The summed E-state index contributed by atoms with van der Waals surface area (Å²) in [6.45, 7) is 4.80. The first kappa shape index (κ1) is 14.0. The number of hydrogen-bond acceptors (Lipinski definition) is 3. The molecule has 0 saturated heterocycles. The molecule has 0 unspecified atom stereocenters. The van der Waals surface area contributed by atoms with Gasteiger partial charge in [-0.25, -0.2) is 4.79 Å². The molecule has 0 spiro atoms. The fourth-order valence-corrected chi connectivity index (χ4v) is 1.76. The summed E-state index contributed by atoms with van der Waals surface area (Å²) >= 11 is 0. The summed E-state index contributed by atoms with van der Waals surface area (Å²) in [6, 6.07) is 4.87. The minimum absolute atomic E-state index is 0.0323. The van der Waals surface area contributed by atoms with E-state index in [0.717, 1.165) is 11.3 Å². The number of aryl methyl sites for hydroxylation is 1. The topological polar surface area (TPSA) is 77.8 Å². The van der Waals surface area contributed by atoms with Crippen LogP contribution >= 0.6 is 0 Å². The Balaban J connectivity index is 3.00. The normalized spacial score (nSPS) is 10.1. The highest BCUT2D eigenvalue weighted by molar-refractivity contribution is 5.89. The van der Waals surface area contributed by atoms with Crippen molar-refractivity contribution in [3.63, 3.8) is 0 Å². The Morgan fingerprint density at radius 1 is 1.28 bits per heavy atom. The minimum atomic E-state index is -0.981. The van der Waals surface area contributed by atoms with Gasteiger partial charge in [-0.15, -0.1) is 0 Å². The van der Waals surface area contributed by atoms with E-state index in [-0.39, 0.29) is 12.0 Å². The maximum absolute atomic E-state index is 10.9. The summed E-state index contributed by atoms with van der Waals surface area (Å²) < 4.78 is 0. The Bertz CT molecular complexity index is 456. The number of rotatable bonds is 6. The molecule has 98 valence electrons. The van der Waals surface area contributed by atoms with Crippen molar-refractivity contribution in [1.29, 1.82) is 0 Å². The third-order valence-corrected chi connectivity index (χ3v) is 2.77. The van der Waals surface area contributed by atoms with Gasteiger partial charge in [0.15, 0.2) is 0 Å². The molecule has 0 fully saturated rings. The lowest BCUT2D eigenvalue weighted by Gasteiger charge is -2.24. The zero-order chi connectivity index (χ0) is 13.7. The molecule has 0 aliphatic carbocycles. The van der Waals surface area contributed by atoms with Crippen LogP contribution in [0.25, 0.3) is 0 Å². The van der Waals surface area contributed by atoms with Gasteiger partial charge in [0.25, 0.3) is 0 Å². The molecule has 18 heavy (non-hydrogen) atoms. The quantitative estimate of drug-likeness (QED) is 0.808. The SMILES string of the molecule is CCN(CCC(=O)O)c1cc(C(=O)O)ccc1C. The molecule has 1 rings (SSSR count). The Hall–Kier alpha value is -2.04. The second kappa shape index (κ2) is 6.05. The van der Waals surface area contributed by atoms with Crippen molar-refractivity contribution >= 4 is 17.6 Å². The van der Waals surface area contributed by atoms with Crippen molar-refractivity contribution in [1.82, 2.24) is 0 Å². The van der Waals surface area contributed by atoms with Crippen LogP contribution in [0.3, 0.4) is 0 Å². The number of hydrogen-bond donors (Lipinski definition) is 2. The van der Waals surface area contributed by atoms with Crippen LogP contribution in [0.4, 0.5) is 5.69 Å². The van der Waals surface area contributed by atoms with Crippen LogP contribution in [0, 0.1) is 6.92 Å². The van der Waals surface area contributed by atoms with Crippen molar-refractivity contribution in [3.05, 3.63) is 29.3 Å². The molecule has 2 N–H and O–H groups in total. The van der Waals surface area contributed by atoms with E-state index >= 15 is 0 Å². The van der Waals surface area contributed by atoms with Crippen molar-refractivity contribution in [2.45, 2.75) is 20.3 Å². The zero-order valence-electron chi connectivity index (χ0n) is 10.5. The molecular formula is C13H17NO4. The van der Waals surface area contributed by atoms with Crippen molar-refractivity contribution in [2.24, 2.45) is 0 Å². The molecule has 5 nitrogen and oxygen atoms in total. The van der Waals surface area contributed by atoms with Gasteiger partial charge in [0.2, 0.25) is 0 Å². The molecule has 0 heterocycles. The standard InChI is InChI=1S/C13H17NO4/c1-3-14(7-6-12(15)16)11-8-10(13(17)18)5-4-9(11)2/h4-5,8H,3,6-7H2,1-2H3,(H,15,16)(H,17,18). The molecule has 5 heteroatoms. The molecular weight excluding hydrogens is 234 g/mol. The second-order valence-electron chi connectivity index (χ2n) is 4.03. The van der Waals surface area contributed by atoms with E-state index in [1.54, 1.807) is 18.2 Å². The maximum atomic E-state index is 10.9. The molecule has 0 amide bonds. The Kier molecular flexibility index (Phi) is 4.71. The number of aromatic carboxylic acids is 1.